The van der Waals surface area contributed by atoms with Crippen molar-refractivity contribution in [3.05, 3.63) is 11.0 Å². The molecule has 0 N–H and O–H groups in total. The van der Waals surface area contributed by atoms with Crippen LogP contribution in [0.4, 0.5) is 0 Å². The van der Waals surface area contributed by atoms with Crippen molar-refractivity contribution in [2.24, 2.45) is 5.92 Å². The highest BCUT2D eigenvalue weighted by Gasteiger charge is 2.12. The van der Waals surface area contributed by atoms with E-state index < -0.39 is 0 Å². The Bertz CT molecular complexity index is 105. The van der Waals surface area contributed by atoms with Gasteiger partial charge in [0.05, 0.1) is 0 Å². The number of rotatable bonds is 1. The van der Waals surface area contributed by atoms with Crippen LogP contribution in [0.3, 0.4) is 0 Å². The zero-order valence-corrected chi connectivity index (χ0v) is 6.29. The summed E-state index contributed by atoms with van der Waals surface area (Å²) < 4.78 is 0. The van der Waals surface area contributed by atoms with Gasteiger partial charge in [0.2, 0.25) is 0 Å². The third-order valence-corrected chi connectivity index (χ3v) is 2.84. The summed E-state index contributed by atoms with van der Waals surface area (Å²) in [6.45, 7) is 4.49. The highest BCUT2D eigenvalue weighted by molar-refractivity contribution is 8.02. The summed E-state index contributed by atoms with van der Waals surface area (Å²) in [6, 6.07) is 0. The van der Waals surface area contributed by atoms with Gasteiger partial charge in [-0.05, 0) is 24.7 Å². The summed E-state index contributed by atoms with van der Waals surface area (Å²) in [5.41, 5.74) is 1.58. The molecule has 0 aromatic rings. The van der Waals surface area contributed by atoms with Crippen LogP contribution in [0.1, 0.15) is 20.3 Å². The van der Waals surface area contributed by atoms with Crippen LogP contribution in [-0.2, 0) is 0 Å². The molecule has 1 heteroatoms. The number of hydrogen-bond acceptors (Lipinski definition) is 1. The summed E-state index contributed by atoms with van der Waals surface area (Å²) in [5.74, 6) is 2.21. The van der Waals surface area contributed by atoms with E-state index in [1.165, 1.54) is 12.2 Å². The van der Waals surface area contributed by atoms with Crippen molar-refractivity contribution < 1.29 is 0 Å². The summed E-state index contributed by atoms with van der Waals surface area (Å²) in [6.07, 6.45) is 1.31. The van der Waals surface area contributed by atoms with Gasteiger partial charge in [-0.15, -0.1) is 11.8 Å². The lowest BCUT2D eigenvalue weighted by molar-refractivity contribution is 0.677. The summed E-state index contributed by atoms with van der Waals surface area (Å²) in [7, 11) is 0. The molecular weight excluding hydrogens is 116 g/mol. The van der Waals surface area contributed by atoms with Crippen molar-refractivity contribution in [1.82, 2.24) is 0 Å². The van der Waals surface area contributed by atoms with Gasteiger partial charge in [-0.25, -0.2) is 0 Å². The molecular formula is C7H12S. The summed E-state index contributed by atoms with van der Waals surface area (Å²) in [4.78, 5) is 0. The molecule has 1 aliphatic rings. The van der Waals surface area contributed by atoms with Gasteiger partial charge < -0.3 is 0 Å². The van der Waals surface area contributed by atoms with Crippen LogP contribution in [0.5, 0.6) is 0 Å². The normalized spacial score (nSPS) is 28.2. The van der Waals surface area contributed by atoms with Crippen LogP contribution >= 0.6 is 11.8 Å². The average molecular weight is 128 g/mol. The monoisotopic (exact) mass is 128 g/mol. The van der Waals surface area contributed by atoms with Gasteiger partial charge in [-0.3, -0.25) is 0 Å². The molecule has 0 radical (unpaired) electrons. The molecule has 0 aromatic heterocycles. The first-order valence-electron chi connectivity index (χ1n) is 3.13. The zero-order chi connectivity index (χ0) is 5.98. The third kappa shape index (κ3) is 1.08. The molecule has 0 aliphatic carbocycles. The predicted octanol–water partition coefficient (Wildman–Crippen LogP) is 2.66. The Balaban J connectivity index is 2.46. The predicted molar refractivity (Wildman–Crippen MR) is 40.0 cm³/mol. The molecule has 0 aromatic carbocycles. The molecule has 1 heterocycles. The molecule has 0 spiro atoms. The second-order valence-electron chi connectivity index (χ2n) is 2.30. The fourth-order valence-corrected chi connectivity index (χ4v) is 2.25. The second kappa shape index (κ2) is 2.58. The minimum atomic E-state index is 0.889. The number of allylic oxidation sites excluding steroid dienone is 1. The van der Waals surface area contributed by atoms with E-state index in [4.69, 9.17) is 0 Å². The average Bonchev–Trinajstić information content (AvgIpc) is 2.14. The lowest BCUT2D eigenvalue weighted by Crippen LogP contribution is -1.96. The smallest absolute Gasteiger partial charge is 0.00398 e. The Hall–Kier alpha value is 0.0900. The topological polar surface area (TPSA) is 0 Å². The van der Waals surface area contributed by atoms with E-state index in [0.717, 1.165) is 5.92 Å². The van der Waals surface area contributed by atoms with E-state index in [-0.39, 0.29) is 0 Å². The van der Waals surface area contributed by atoms with Gasteiger partial charge in [0.25, 0.3) is 0 Å². The van der Waals surface area contributed by atoms with Gasteiger partial charge >= 0.3 is 0 Å². The van der Waals surface area contributed by atoms with Crippen LogP contribution in [0, 0.1) is 5.92 Å². The molecule has 0 nitrogen and oxygen atoms in total. The fourth-order valence-electron chi connectivity index (χ4n) is 0.963. The largest absolute Gasteiger partial charge is 0.134 e. The highest BCUT2D eigenvalue weighted by Crippen LogP contribution is 2.29. The molecule has 1 rings (SSSR count). The van der Waals surface area contributed by atoms with Crippen molar-refractivity contribution in [3.63, 3.8) is 0 Å². The van der Waals surface area contributed by atoms with Crippen molar-refractivity contribution in [2.45, 2.75) is 20.3 Å². The number of thioether (sulfide) groups is 1. The van der Waals surface area contributed by atoms with E-state index >= 15 is 0 Å². The van der Waals surface area contributed by atoms with Crippen molar-refractivity contribution in [3.8, 4) is 0 Å². The van der Waals surface area contributed by atoms with Crippen LogP contribution in [0.25, 0.3) is 0 Å². The van der Waals surface area contributed by atoms with Crippen LogP contribution in [0.15, 0.2) is 11.0 Å². The molecule has 0 fully saturated rings. The van der Waals surface area contributed by atoms with Crippen LogP contribution in [0.2, 0.25) is 0 Å². The minimum absolute atomic E-state index is 0.889. The van der Waals surface area contributed by atoms with Crippen LogP contribution < -0.4 is 0 Å². The van der Waals surface area contributed by atoms with Crippen molar-refractivity contribution >= 4 is 11.8 Å². The summed E-state index contributed by atoms with van der Waals surface area (Å²) in [5, 5.41) is 2.29. The first-order chi connectivity index (χ1) is 3.84. The standard InChI is InChI=1S/C7H12S/c1-3-7-5-8-4-6(7)2/h4,7H,3,5H2,1-2H3. The maximum Gasteiger partial charge on any atom is 0.00398 e. The van der Waals surface area contributed by atoms with Gasteiger partial charge in [-0.2, -0.15) is 0 Å². The van der Waals surface area contributed by atoms with Gasteiger partial charge in [0.15, 0.2) is 0 Å². The lowest BCUT2D eigenvalue weighted by atomic mass is 10.0. The van der Waals surface area contributed by atoms with E-state index in [1.54, 1.807) is 5.57 Å². The Morgan fingerprint density at radius 3 is 2.88 bits per heavy atom. The molecule has 0 saturated heterocycles. The van der Waals surface area contributed by atoms with Crippen LogP contribution in [-0.4, -0.2) is 5.75 Å². The van der Waals surface area contributed by atoms with Crippen molar-refractivity contribution in [2.75, 3.05) is 5.75 Å². The Kier molecular flexibility index (Phi) is 2.01. The zero-order valence-electron chi connectivity index (χ0n) is 5.48. The van der Waals surface area contributed by atoms with E-state index in [1.807, 2.05) is 11.8 Å². The molecule has 8 heavy (non-hydrogen) atoms. The molecule has 1 atom stereocenters. The Morgan fingerprint density at radius 2 is 2.62 bits per heavy atom. The second-order valence-corrected chi connectivity index (χ2v) is 3.20. The van der Waals surface area contributed by atoms with E-state index in [9.17, 15) is 0 Å². The molecule has 46 valence electrons. The molecule has 1 aliphatic heterocycles. The van der Waals surface area contributed by atoms with Gasteiger partial charge in [0, 0.05) is 5.75 Å². The fraction of sp³-hybridized carbons (Fsp3) is 0.714. The van der Waals surface area contributed by atoms with Gasteiger partial charge in [-0.1, -0.05) is 12.5 Å². The van der Waals surface area contributed by atoms with Gasteiger partial charge in [0.1, 0.15) is 0 Å². The summed E-state index contributed by atoms with van der Waals surface area (Å²) >= 11 is 1.95. The highest BCUT2D eigenvalue weighted by atomic mass is 32.2. The Morgan fingerprint density at radius 1 is 1.88 bits per heavy atom. The molecule has 0 bridgehead atoms. The first-order valence-corrected chi connectivity index (χ1v) is 4.17. The SMILES string of the molecule is CCC1CSC=C1C. The van der Waals surface area contributed by atoms with E-state index in [2.05, 4.69) is 19.3 Å². The first kappa shape index (κ1) is 6.21. The number of hydrogen-bond donors (Lipinski definition) is 0. The molecule has 0 saturated carbocycles. The lowest BCUT2D eigenvalue weighted by Gasteiger charge is -2.04. The maximum atomic E-state index is 2.29. The third-order valence-electron chi connectivity index (χ3n) is 1.70. The quantitative estimate of drug-likeness (QED) is 0.523. The van der Waals surface area contributed by atoms with Crippen molar-refractivity contribution in [1.29, 1.82) is 0 Å². The maximum absolute atomic E-state index is 2.29. The Labute approximate surface area is 55.4 Å². The minimum Gasteiger partial charge on any atom is -0.134 e. The van der Waals surface area contributed by atoms with E-state index in [0.29, 0.717) is 0 Å². The molecule has 0 amide bonds. The molecule has 1 unspecified atom stereocenters.